The van der Waals surface area contributed by atoms with Gasteiger partial charge in [0.15, 0.2) is 12.1 Å². The number of nitrogens with two attached hydrogens (primary N) is 3. The predicted octanol–water partition coefficient (Wildman–Crippen LogP) is -5.16. The van der Waals surface area contributed by atoms with Crippen LogP contribution in [0.4, 0.5) is 0 Å². The number of unbranched alkanes of at least 4 members (excludes halogenated alkanes) is 9. The Bertz CT molecular complexity index is 2190. The van der Waals surface area contributed by atoms with E-state index in [9.17, 15) is 88.2 Å². The van der Waals surface area contributed by atoms with Crippen LogP contribution in [-0.2, 0) is 62.3 Å². The third-order valence-electron chi connectivity index (χ3n) is 13.0. The number of alkyl halides is 1. The molecule has 472 valence electrons. The Morgan fingerprint density at radius 2 is 1.13 bits per heavy atom. The van der Waals surface area contributed by atoms with Gasteiger partial charge in [0.2, 0.25) is 47.3 Å². The number of amides is 9. The summed E-state index contributed by atoms with van der Waals surface area (Å²) in [4.78, 5) is 162. The summed E-state index contributed by atoms with van der Waals surface area (Å²) in [5, 5.41) is 82.1. The number of nitrogens with one attached hydrogen (secondary N) is 9. The zero-order valence-electron chi connectivity index (χ0n) is 47.2. The molecule has 1 rings (SSSR count). The van der Waals surface area contributed by atoms with Crippen molar-refractivity contribution in [1.29, 1.82) is 0 Å². The molecule has 0 aromatic heterocycles. The first kappa shape index (κ1) is 74.4. The number of carboxylic acids is 2. The molecule has 0 unspecified atom stereocenters. The molecule has 0 spiro atoms. The molecule has 32 heteroatoms. The van der Waals surface area contributed by atoms with E-state index in [1.807, 2.05) is 10.6 Å². The molecule has 1 heterocycles. The summed E-state index contributed by atoms with van der Waals surface area (Å²) >= 11 is 5.85. The van der Waals surface area contributed by atoms with Gasteiger partial charge in [-0.2, -0.15) is 0 Å². The van der Waals surface area contributed by atoms with E-state index in [4.69, 9.17) is 33.5 Å². The SMILES string of the molecule is C/C=C1\NC(=O)[C@H]([C@H](C)O)NC(=O)[C@H](CCN)NC(=O)[C@H](CCCCN)NC(=O)[C@H](CC(=O)O)NC(=O)[C@@H](CCN)NC(=O)[C@@H](NC(=O)C[C@@H](O)CCCCCCCCCCC)COC(=O)[C@H]([C@H](O)CCl)NC(=O)[C@H]([C@H](O)C(=O)O)NC1=O. The average Bonchev–Trinajstić information content (AvgIpc) is 3.52. The lowest BCUT2D eigenvalue weighted by Crippen LogP contribution is -2.62. The van der Waals surface area contributed by atoms with Gasteiger partial charge in [0.1, 0.15) is 54.6 Å². The molecule has 1 saturated heterocycles. The number of halogens is 1. The van der Waals surface area contributed by atoms with Crippen LogP contribution in [0.5, 0.6) is 0 Å². The van der Waals surface area contributed by atoms with Gasteiger partial charge in [-0.25, -0.2) is 9.59 Å². The molecule has 0 bridgehead atoms. The third kappa shape index (κ3) is 28.0. The van der Waals surface area contributed by atoms with Crippen molar-refractivity contribution in [2.24, 2.45) is 17.2 Å². The van der Waals surface area contributed by atoms with Gasteiger partial charge in [0, 0.05) is 0 Å². The summed E-state index contributed by atoms with van der Waals surface area (Å²) in [6.45, 7) is 2.61. The summed E-state index contributed by atoms with van der Waals surface area (Å²) in [5.41, 5.74) is 16.4. The highest BCUT2D eigenvalue weighted by Gasteiger charge is 2.41. The molecule has 83 heavy (non-hydrogen) atoms. The topological polar surface area (TPSA) is 522 Å². The molecule has 0 aromatic rings. The Morgan fingerprint density at radius 1 is 0.627 bits per heavy atom. The minimum Gasteiger partial charge on any atom is -0.481 e. The number of cyclic esters (lactones) is 1. The highest BCUT2D eigenvalue weighted by Crippen LogP contribution is 2.14. The van der Waals surface area contributed by atoms with Crippen molar-refractivity contribution in [2.75, 3.05) is 32.1 Å². The van der Waals surface area contributed by atoms with Gasteiger partial charge < -0.3 is 100 Å². The molecule has 0 saturated carbocycles. The monoisotopic (exact) mass is 1210 g/mol. The Kier molecular flexibility index (Phi) is 36.4. The lowest BCUT2D eigenvalue weighted by Gasteiger charge is -2.28. The maximum absolute atomic E-state index is 14.1. The molecule has 21 N–H and O–H groups in total. The minimum atomic E-state index is -2.83. The van der Waals surface area contributed by atoms with Crippen molar-refractivity contribution in [1.82, 2.24) is 47.9 Å². The van der Waals surface area contributed by atoms with Gasteiger partial charge in [-0.1, -0.05) is 70.8 Å². The molecule has 1 aliphatic rings. The highest BCUT2D eigenvalue weighted by molar-refractivity contribution is 6.18. The first-order valence-electron chi connectivity index (χ1n) is 27.7. The number of esters is 1. The van der Waals surface area contributed by atoms with E-state index in [0.717, 1.165) is 64.4 Å². The maximum Gasteiger partial charge on any atom is 0.335 e. The fourth-order valence-electron chi connectivity index (χ4n) is 8.23. The van der Waals surface area contributed by atoms with Crippen molar-refractivity contribution in [3.8, 4) is 0 Å². The van der Waals surface area contributed by atoms with Gasteiger partial charge >= 0.3 is 17.9 Å². The van der Waals surface area contributed by atoms with Crippen molar-refractivity contribution < 1.29 is 92.9 Å². The number of ether oxygens (including phenoxy) is 1. The van der Waals surface area contributed by atoms with E-state index in [1.54, 1.807) is 0 Å². The van der Waals surface area contributed by atoms with Gasteiger partial charge in [0.25, 0.3) is 5.91 Å². The Labute approximate surface area is 485 Å². The van der Waals surface area contributed by atoms with Crippen LogP contribution in [0.25, 0.3) is 0 Å². The Hall–Kier alpha value is -6.61. The first-order chi connectivity index (χ1) is 39.3. The number of allylic oxidation sites excluding steroid dienone is 1. The number of aliphatic carboxylic acids is 2. The Balaban J connectivity index is 4.01. The molecular weight excluding hydrogens is 1120 g/mol. The Morgan fingerprint density at radius 3 is 1.64 bits per heavy atom. The number of carbonyl (C=O) groups is 12. The second kappa shape index (κ2) is 40.6. The van der Waals surface area contributed by atoms with Crippen LogP contribution >= 0.6 is 11.6 Å². The molecule has 0 aromatic carbocycles. The normalized spacial score (nSPS) is 24.5. The van der Waals surface area contributed by atoms with E-state index < -0.39 is 181 Å². The molecule has 12 atom stereocenters. The summed E-state index contributed by atoms with van der Waals surface area (Å²) in [5.74, 6) is -17.8. The number of carboxylic acid groups (broad SMARTS) is 2. The molecular formula is C51H87ClN12O19. The number of carbonyl (C=O) groups excluding carboxylic acids is 10. The fourth-order valence-corrected chi connectivity index (χ4v) is 8.41. The standard InChI is InChI=1S/C51H87ClN12O19/c1-4-6-7-8-9-10-11-12-13-16-28(66)23-36(68)56-34-26-83-51(82)39(35(67)25-52)63-49(79)40(41(71)50(80)81)64-42(72)29(5-2)57-48(78)38(27(3)65)62-45(75)32(19-22-55)59-43(73)30(17-14-15-20-53)58-46(76)33(24-37(69)70)61-44(74)31(18-21-54)60-47(34)77/h5,27-28,30-35,38-41,65-67,71H,4,6-26,53-55H2,1-3H3,(H,56,68)(H,57,78)(H,58,76)(H,59,73)(H,60,77)(H,61,74)(H,62,75)(H,63,79)(H,64,72)(H,69,70)(H,80,81)/b29-5-/t27-,28-,30-,31+,32-,33-,34-,35+,38-,39-,40-,41-/m0/s1. The zero-order chi connectivity index (χ0) is 62.8. The number of hydrogen-bond donors (Lipinski definition) is 18. The second-order valence-corrected chi connectivity index (χ2v) is 20.2. The zero-order valence-corrected chi connectivity index (χ0v) is 47.9. The van der Waals surface area contributed by atoms with Crippen LogP contribution in [0, 0.1) is 0 Å². The third-order valence-corrected chi connectivity index (χ3v) is 13.3. The number of rotatable bonds is 28. The molecule has 1 aliphatic heterocycles. The van der Waals surface area contributed by atoms with Gasteiger partial charge in [-0.15, -0.1) is 11.6 Å². The number of aliphatic hydroxyl groups is 4. The van der Waals surface area contributed by atoms with Crippen LogP contribution in [0.1, 0.15) is 130 Å². The van der Waals surface area contributed by atoms with E-state index in [-0.39, 0.29) is 45.3 Å². The van der Waals surface area contributed by atoms with E-state index in [2.05, 4.69) is 44.1 Å². The van der Waals surface area contributed by atoms with Crippen molar-refractivity contribution in [3.63, 3.8) is 0 Å². The first-order valence-corrected chi connectivity index (χ1v) is 28.2. The van der Waals surface area contributed by atoms with Gasteiger partial charge in [-0.05, 0) is 72.0 Å². The quantitative estimate of drug-likeness (QED) is 0.0151. The summed E-state index contributed by atoms with van der Waals surface area (Å²) in [6.07, 6.45) is -0.358. The van der Waals surface area contributed by atoms with Crippen LogP contribution in [0.15, 0.2) is 11.8 Å². The van der Waals surface area contributed by atoms with Crippen molar-refractivity contribution >= 4 is 82.7 Å². The van der Waals surface area contributed by atoms with Crippen LogP contribution in [-0.4, -0.2) is 207 Å². The summed E-state index contributed by atoms with van der Waals surface area (Å²) in [7, 11) is 0. The largest absolute Gasteiger partial charge is 0.481 e. The molecule has 31 nitrogen and oxygen atoms in total. The van der Waals surface area contributed by atoms with Gasteiger partial charge in [0.05, 0.1) is 37.0 Å². The summed E-state index contributed by atoms with van der Waals surface area (Å²) < 4.78 is 5.27. The minimum absolute atomic E-state index is 0.123. The average molecular weight is 1210 g/mol. The smallest absolute Gasteiger partial charge is 0.335 e. The van der Waals surface area contributed by atoms with Gasteiger partial charge in [-0.3, -0.25) is 47.9 Å². The fraction of sp³-hybridized carbons (Fsp3) is 0.725. The highest BCUT2D eigenvalue weighted by atomic mass is 35.5. The van der Waals surface area contributed by atoms with Crippen LogP contribution in [0.3, 0.4) is 0 Å². The van der Waals surface area contributed by atoms with Crippen LogP contribution < -0.4 is 65.1 Å². The van der Waals surface area contributed by atoms with Crippen LogP contribution in [0.2, 0.25) is 0 Å². The maximum atomic E-state index is 14.1. The number of hydrogen-bond acceptors (Lipinski definition) is 20. The lowest BCUT2D eigenvalue weighted by molar-refractivity contribution is -0.155. The number of aliphatic hydroxyl groups excluding tert-OH is 4. The lowest BCUT2D eigenvalue weighted by atomic mass is 10.0. The molecule has 1 fully saturated rings. The predicted molar refractivity (Wildman–Crippen MR) is 295 cm³/mol. The van der Waals surface area contributed by atoms with E-state index >= 15 is 0 Å². The van der Waals surface area contributed by atoms with E-state index in [0.29, 0.717) is 12.8 Å². The van der Waals surface area contributed by atoms with E-state index in [1.165, 1.54) is 6.92 Å². The molecule has 0 aliphatic carbocycles. The summed E-state index contributed by atoms with van der Waals surface area (Å²) in [6, 6.07) is -15.8. The van der Waals surface area contributed by atoms with Crippen molar-refractivity contribution in [2.45, 2.75) is 203 Å². The molecule has 0 radical (unpaired) electrons. The second-order valence-electron chi connectivity index (χ2n) is 19.9. The van der Waals surface area contributed by atoms with Crippen molar-refractivity contribution in [3.05, 3.63) is 11.8 Å². The molecule has 9 amide bonds.